The lowest BCUT2D eigenvalue weighted by atomic mass is 9.84. The number of hydrogen-bond donors (Lipinski definition) is 0. The number of carbonyl (C=O) groups excluding carboxylic acids is 1. The van der Waals surface area contributed by atoms with Crippen LogP contribution in [0.3, 0.4) is 0 Å². The standard InChI is InChI=1S/C20H25FN4O/c1-24(20(26)15-3-2-4-15)12-14-7-9-25(10-8-14)19-17-11-16(21)5-6-18(17)22-13-23-19/h5-6,11,13-15H,2-4,7-10,12H2,1H3. The van der Waals surface area contributed by atoms with E-state index in [2.05, 4.69) is 14.9 Å². The number of amides is 1. The molecule has 0 unspecified atom stereocenters. The smallest absolute Gasteiger partial charge is 0.225 e. The second kappa shape index (κ2) is 7.17. The van der Waals surface area contributed by atoms with Crippen molar-refractivity contribution in [2.24, 2.45) is 11.8 Å². The van der Waals surface area contributed by atoms with Gasteiger partial charge in [0.25, 0.3) is 0 Å². The summed E-state index contributed by atoms with van der Waals surface area (Å²) in [4.78, 5) is 25.1. The molecule has 26 heavy (non-hydrogen) atoms. The molecule has 1 amide bonds. The Hall–Kier alpha value is -2.24. The van der Waals surface area contributed by atoms with Crippen LogP contribution in [0.4, 0.5) is 10.2 Å². The lowest BCUT2D eigenvalue weighted by Gasteiger charge is -2.36. The van der Waals surface area contributed by atoms with Crippen LogP contribution in [0.5, 0.6) is 0 Å². The van der Waals surface area contributed by atoms with Crippen LogP contribution in [0.25, 0.3) is 10.9 Å². The van der Waals surface area contributed by atoms with Crippen LogP contribution in [0.2, 0.25) is 0 Å². The predicted molar refractivity (Wildman–Crippen MR) is 99.4 cm³/mol. The molecule has 2 fully saturated rings. The largest absolute Gasteiger partial charge is 0.356 e. The lowest BCUT2D eigenvalue weighted by molar-refractivity contribution is -0.137. The third-order valence-electron chi connectivity index (χ3n) is 5.85. The molecular formula is C20H25FN4O. The average molecular weight is 356 g/mol. The number of hydrogen-bond acceptors (Lipinski definition) is 4. The third kappa shape index (κ3) is 3.37. The molecule has 138 valence electrons. The molecule has 1 aliphatic carbocycles. The van der Waals surface area contributed by atoms with Gasteiger partial charge in [-0.15, -0.1) is 0 Å². The SMILES string of the molecule is CN(CC1CCN(c2ncnc3ccc(F)cc23)CC1)C(=O)C1CCC1. The van der Waals surface area contributed by atoms with Crippen molar-refractivity contribution in [2.75, 3.05) is 31.6 Å². The highest BCUT2D eigenvalue weighted by Crippen LogP contribution is 2.30. The summed E-state index contributed by atoms with van der Waals surface area (Å²) < 4.78 is 13.7. The van der Waals surface area contributed by atoms with Gasteiger partial charge in [0.15, 0.2) is 0 Å². The molecule has 0 N–H and O–H groups in total. The van der Waals surface area contributed by atoms with E-state index in [4.69, 9.17) is 0 Å². The molecule has 0 radical (unpaired) electrons. The van der Waals surface area contributed by atoms with E-state index < -0.39 is 0 Å². The molecule has 4 rings (SSSR count). The Labute approximate surface area is 153 Å². The molecule has 5 nitrogen and oxygen atoms in total. The fourth-order valence-corrected chi connectivity index (χ4v) is 4.04. The maximum absolute atomic E-state index is 13.7. The minimum absolute atomic E-state index is 0.264. The van der Waals surface area contributed by atoms with Crippen molar-refractivity contribution in [1.82, 2.24) is 14.9 Å². The van der Waals surface area contributed by atoms with Crippen molar-refractivity contribution >= 4 is 22.6 Å². The van der Waals surface area contributed by atoms with E-state index in [1.165, 1.54) is 18.6 Å². The van der Waals surface area contributed by atoms with Gasteiger partial charge in [0.05, 0.1) is 5.52 Å². The summed E-state index contributed by atoms with van der Waals surface area (Å²) in [5.41, 5.74) is 0.768. The van der Waals surface area contributed by atoms with E-state index in [-0.39, 0.29) is 11.7 Å². The van der Waals surface area contributed by atoms with Crippen LogP contribution in [0.15, 0.2) is 24.5 Å². The van der Waals surface area contributed by atoms with Crippen LogP contribution in [-0.2, 0) is 4.79 Å². The Balaban J connectivity index is 1.39. The highest BCUT2D eigenvalue weighted by atomic mass is 19.1. The monoisotopic (exact) mass is 356 g/mol. The minimum Gasteiger partial charge on any atom is -0.356 e. The maximum Gasteiger partial charge on any atom is 0.225 e. The fraction of sp³-hybridized carbons (Fsp3) is 0.550. The Morgan fingerprint density at radius 2 is 2.00 bits per heavy atom. The first-order valence-electron chi connectivity index (χ1n) is 9.52. The van der Waals surface area contributed by atoms with Gasteiger partial charge in [0.1, 0.15) is 18.0 Å². The summed E-state index contributed by atoms with van der Waals surface area (Å²) in [7, 11) is 1.94. The first-order valence-corrected chi connectivity index (χ1v) is 9.52. The molecule has 1 aliphatic heterocycles. The number of aromatic nitrogens is 2. The number of anilines is 1. The second-order valence-electron chi connectivity index (χ2n) is 7.64. The Kier molecular flexibility index (Phi) is 4.74. The Morgan fingerprint density at radius 3 is 2.69 bits per heavy atom. The fourth-order valence-electron chi connectivity index (χ4n) is 4.04. The van der Waals surface area contributed by atoms with Gasteiger partial charge < -0.3 is 9.80 Å². The average Bonchev–Trinajstić information content (AvgIpc) is 2.60. The number of fused-ring (bicyclic) bond motifs is 1. The van der Waals surface area contributed by atoms with Crippen LogP contribution < -0.4 is 4.90 Å². The van der Waals surface area contributed by atoms with E-state index in [0.717, 1.165) is 62.0 Å². The maximum atomic E-state index is 13.7. The van der Waals surface area contributed by atoms with Crippen molar-refractivity contribution in [2.45, 2.75) is 32.1 Å². The minimum atomic E-state index is -0.264. The lowest BCUT2D eigenvalue weighted by Crippen LogP contribution is -2.42. The van der Waals surface area contributed by atoms with Crippen LogP contribution in [0.1, 0.15) is 32.1 Å². The number of rotatable bonds is 4. The summed E-state index contributed by atoms with van der Waals surface area (Å²) in [6.45, 7) is 2.58. The normalized spacial score (nSPS) is 18.8. The second-order valence-corrected chi connectivity index (χ2v) is 7.64. The summed E-state index contributed by atoms with van der Waals surface area (Å²) in [6, 6.07) is 4.64. The predicted octanol–water partition coefficient (Wildman–Crippen LogP) is 3.24. The zero-order chi connectivity index (χ0) is 18.1. The highest BCUT2D eigenvalue weighted by Gasteiger charge is 2.30. The number of benzene rings is 1. The zero-order valence-corrected chi connectivity index (χ0v) is 15.2. The number of nitrogens with zero attached hydrogens (tertiary/aromatic N) is 4. The quantitative estimate of drug-likeness (QED) is 0.844. The third-order valence-corrected chi connectivity index (χ3v) is 5.85. The summed E-state index contributed by atoms with van der Waals surface area (Å²) in [5, 5.41) is 0.767. The van der Waals surface area contributed by atoms with Crippen molar-refractivity contribution in [1.29, 1.82) is 0 Å². The molecule has 1 saturated heterocycles. The van der Waals surface area contributed by atoms with Crippen LogP contribution in [-0.4, -0.2) is 47.5 Å². The Bertz CT molecular complexity index is 799. The molecule has 0 spiro atoms. The molecule has 1 saturated carbocycles. The van der Waals surface area contributed by atoms with Crippen molar-refractivity contribution in [3.63, 3.8) is 0 Å². The summed E-state index contributed by atoms with van der Waals surface area (Å²) >= 11 is 0. The van der Waals surface area contributed by atoms with Gasteiger partial charge in [-0.3, -0.25) is 4.79 Å². The van der Waals surface area contributed by atoms with Gasteiger partial charge in [0.2, 0.25) is 5.91 Å². The molecule has 1 aromatic heterocycles. The first-order chi connectivity index (χ1) is 12.6. The molecule has 2 heterocycles. The van der Waals surface area contributed by atoms with Gasteiger partial charge in [-0.2, -0.15) is 0 Å². The molecule has 2 aromatic rings. The van der Waals surface area contributed by atoms with Crippen LogP contribution in [0, 0.1) is 17.7 Å². The topological polar surface area (TPSA) is 49.3 Å². The molecule has 2 aliphatic rings. The van der Waals surface area contributed by atoms with Crippen LogP contribution >= 0.6 is 0 Å². The first kappa shape index (κ1) is 17.2. The van der Waals surface area contributed by atoms with Gasteiger partial charge in [-0.05, 0) is 49.8 Å². The zero-order valence-electron chi connectivity index (χ0n) is 15.2. The van der Waals surface area contributed by atoms with E-state index in [1.54, 1.807) is 12.4 Å². The number of carbonyl (C=O) groups is 1. The molecular weight excluding hydrogens is 331 g/mol. The number of halogens is 1. The number of piperidine rings is 1. The van der Waals surface area contributed by atoms with E-state index in [1.807, 2.05) is 11.9 Å². The highest BCUT2D eigenvalue weighted by molar-refractivity contribution is 5.89. The van der Waals surface area contributed by atoms with Gasteiger partial charge in [-0.25, -0.2) is 14.4 Å². The van der Waals surface area contributed by atoms with Gasteiger partial charge >= 0.3 is 0 Å². The molecule has 0 bridgehead atoms. The molecule has 0 atom stereocenters. The van der Waals surface area contributed by atoms with E-state index in [9.17, 15) is 9.18 Å². The van der Waals surface area contributed by atoms with Crippen molar-refractivity contribution in [3.05, 3.63) is 30.3 Å². The van der Waals surface area contributed by atoms with Gasteiger partial charge in [-0.1, -0.05) is 6.42 Å². The van der Waals surface area contributed by atoms with Crippen molar-refractivity contribution in [3.8, 4) is 0 Å². The van der Waals surface area contributed by atoms with E-state index in [0.29, 0.717) is 11.8 Å². The summed E-state index contributed by atoms with van der Waals surface area (Å²) in [6.07, 6.45) is 6.88. The summed E-state index contributed by atoms with van der Waals surface area (Å²) in [5.74, 6) is 1.65. The Morgan fingerprint density at radius 1 is 1.23 bits per heavy atom. The van der Waals surface area contributed by atoms with Gasteiger partial charge in [0, 0.05) is 38.0 Å². The molecule has 1 aromatic carbocycles. The van der Waals surface area contributed by atoms with Crippen molar-refractivity contribution < 1.29 is 9.18 Å². The molecule has 6 heteroatoms. The van der Waals surface area contributed by atoms with E-state index >= 15 is 0 Å².